The van der Waals surface area contributed by atoms with Crippen molar-refractivity contribution in [3.8, 4) is 6.07 Å². The number of carbonyl (C=O) groups is 2. The van der Waals surface area contributed by atoms with Gasteiger partial charge in [0, 0.05) is 13.1 Å². The first-order chi connectivity index (χ1) is 8.18. The molecule has 0 atom stereocenters. The summed E-state index contributed by atoms with van der Waals surface area (Å²) in [6.07, 6.45) is 4.23. The summed E-state index contributed by atoms with van der Waals surface area (Å²) in [5.41, 5.74) is -0.865. The number of carbonyl (C=O) groups excluding carboxylic acids is 2. The lowest BCUT2D eigenvalue weighted by Crippen LogP contribution is -2.54. The van der Waals surface area contributed by atoms with Crippen LogP contribution in [0, 0.1) is 16.7 Å². The molecule has 2 amide bonds. The number of hydrogen-bond acceptors (Lipinski definition) is 3. The molecule has 0 aromatic carbocycles. The molecule has 0 aromatic heterocycles. The minimum atomic E-state index is -0.865. The number of hydrogen-bond donors (Lipinski definition) is 1. The molecule has 92 valence electrons. The van der Waals surface area contributed by atoms with Crippen LogP contribution >= 0.6 is 0 Å². The van der Waals surface area contributed by atoms with Gasteiger partial charge in [-0.25, -0.2) is 0 Å². The summed E-state index contributed by atoms with van der Waals surface area (Å²) >= 11 is 0. The minimum Gasteiger partial charge on any atom is -0.353 e. The van der Waals surface area contributed by atoms with Crippen LogP contribution in [0.5, 0.6) is 0 Å². The first-order valence-corrected chi connectivity index (χ1v) is 6.15. The highest BCUT2D eigenvalue weighted by atomic mass is 16.2. The van der Waals surface area contributed by atoms with Gasteiger partial charge >= 0.3 is 0 Å². The fourth-order valence-corrected chi connectivity index (χ4v) is 2.64. The second-order valence-electron chi connectivity index (χ2n) is 4.83. The van der Waals surface area contributed by atoms with E-state index in [9.17, 15) is 14.9 Å². The molecule has 2 aliphatic rings. The van der Waals surface area contributed by atoms with Crippen molar-refractivity contribution in [3.05, 3.63) is 0 Å². The Bertz CT molecular complexity index is 366. The zero-order valence-corrected chi connectivity index (χ0v) is 9.87. The number of rotatable bonds is 1. The Hall–Kier alpha value is -1.57. The number of nitrogens with one attached hydrogen (secondary N) is 1. The van der Waals surface area contributed by atoms with E-state index in [1.54, 1.807) is 0 Å². The van der Waals surface area contributed by atoms with Crippen molar-refractivity contribution >= 4 is 11.8 Å². The Morgan fingerprint density at radius 2 is 2.06 bits per heavy atom. The third-order valence-electron chi connectivity index (χ3n) is 3.66. The molecular weight excluding hydrogens is 218 g/mol. The second kappa shape index (κ2) is 4.74. The molecule has 0 aromatic rings. The van der Waals surface area contributed by atoms with E-state index in [4.69, 9.17) is 0 Å². The Morgan fingerprint density at radius 3 is 2.65 bits per heavy atom. The molecule has 0 unspecified atom stereocenters. The first kappa shape index (κ1) is 11.9. The van der Waals surface area contributed by atoms with Crippen molar-refractivity contribution in [3.63, 3.8) is 0 Å². The van der Waals surface area contributed by atoms with Gasteiger partial charge in [0.05, 0.1) is 12.6 Å². The largest absolute Gasteiger partial charge is 0.353 e. The van der Waals surface area contributed by atoms with Crippen LogP contribution in [0.15, 0.2) is 0 Å². The van der Waals surface area contributed by atoms with Gasteiger partial charge in [-0.15, -0.1) is 0 Å². The van der Waals surface area contributed by atoms with Gasteiger partial charge < -0.3 is 10.2 Å². The van der Waals surface area contributed by atoms with Crippen LogP contribution in [0.3, 0.4) is 0 Å². The Morgan fingerprint density at radius 1 is 1.35 bits per heavy atom. The molecule has 0 spiro atoms. The lowest BCUT2D eigenvalue weighted by molar-refractivity contribution is -0.145. The van der Waals surface area contributed by atoms with E-state index >= 15 is 0 Å². The highest BCUT2D eigenvalue weighted by Crippen LogP contribution is 2.37. The topological polar surface area (TPSA) is 73.2 Å². The molecule has 1 saturated heterocycles. The molecule has 5 heteroatoms. The van der Waals surface area contributed by atoms with Gasteiger partial charge in [0.1, 0.15) is 5.41 Å². The summed E-state index contributed by atoms with van der Waals surface area (Å²) in [6.45, 7) is 1.11. The maximum atomic E-state index is 12.4. The SMILES string of the molecule is N#CC1(C(=O)N2CCNC(=O)C2)CCCCC1. The lowest BCUT2D eigenvalue weighted by Gasteiger charge is -2.36. The molecule has 17 heavy (non-hydrogen) atoms. The van der Waals surface area contributed by atoms with E-state index in [0.717, 1.165) is 19.3 Å². The molecule has 1 saturated carbocycles. The van der Waals surface area contributed by atoms with Gasteiger partial charge in [0.2, 0.25) is 11.8 Å². The van der Waals surface area contributed by atoms with Crippen LogP contribution in [-0.2, 0) is 9.59 Å². The third-order valence-corrected chi connectivity index (χ3v) is 3.66. The van der Waals surface area contributed by atoms with Gasteiger partial charge in [0.25, 0.3) is 0 Å². The van der Waals surface area contributed by atoms with Crippen molar-refractivity contribution in [2.24, 2.45) is 5.41 Å². The smallest absolute Gasteiger partial charge is 0.243 e. The van der Waals surface area contributed by atoms with Gasteiger partial charge in [-0.1, -0.05) is 19.3 Å². The van der Waals surface area contributed by atoms with Gasteiger partial charge in [0.15, 0.2) is 0 Å². The van der Waals surface area contributed by atoms with Crippen LogP contribution in [0.2, 0.25) is 0 Å². The summed E-state index contributed by atoms with van der Waals surface area (Å²) in [7, 11) is 0. The van der Waals surface area contributed by atoms with E-state index in [0.29, 0.717) is 25.9 Å². The molecule has 1 aliphatic heterocycles. The molecule has 1 heterocycles. The number of nitriles is 1. The summed E-state index contributed by atoms with van der Waals surface area (Å²) in [4.78, 5) is 25.2. The quantitative estimate of drug-likeness (QED) is 0.715. The highest BCUT2D eigenvalue weighted by molar-refractivity contribution is 5.90. The summed E-state index contributed by atoms with van der Waals surface area (Å²) < 4.78 is 0. The zero-order valence-electron chi connectivity index (χ0n) is 9.87. The zero-order chi connectivity index (χ0) is 12.3. The molecule has 1 N–H and O–H groups in total. The molecule has 0 bridgehead atoms. The Balaban J connectivity index is 2.11. The van der Waals surface area contributed by atoms with Crippen LogP contribution in [0.4, 0.5) is 0 Å². The first-order valence-electron chi connectivity index (χ1n) is 6.15. The predicted octanol–water partition coefficient (Wildman–Crippen LogP) is 0.419. The average Bonchev–Trinajstić information content (AvgIpc) is 2.38. The van der Waals surface area contributed by atoms with E-state index in [-0.39, 0.29) is 18.4 Å². The fourth-order valence-electron chi connectivity index (χ4n) is 2.64. The van der Waals surface area contributed by atoms with E-state index in [1.165, 1.54) is 4.90 Å². The summed E-state index contributed by atoms with van der Waals surface area (Å²) in [5, 5.41) is 12.0. The second-order valence-corrected chi connectivity index (χ2v) is 4.83. The summed E-state index contributed by atoms with van der Waals surface area (Å²) in [6, 6.07) is 2.21. The molecular formula is C12H17N3O2. The van der Waals surface area contributed by atoms with Gasteiger partial charge in [-0.3, -0.25) is 9.59 Å². The van der Waals surface area contributed by atoms with Crippen LogP contribution < -0.4 is 5.32 Å². The monoisotopic (exact) mass is 235 g/mol. The van der Waals surface area contributed by atoms with Crippen molar-refractivity contribution in [2.75, 3.05) is 19.6 Å². The van der Waals surface area contributed by atoms with Gasteiger partial charge in [-0.2, -0.15) is 5.26 Å². The van der Waals surface area contributed by atoms with Crippen LogP contribution in [0.25, 0.3) is 0 Å². The molecule has 1 aliphatic carbocycles. The molecule has 5 nitrogen and oxygen atoms in total. The molecule has 2 fully saturated rings. The van der Waals surface area contributed by atoms with Crippen molar-refractivity contribution in [1.29, 1.82) is 5.26 Å². The van der Waals surface area contributed by atoms with Gasteiger partial charge in [-0.05, 0) is 12.8 Å². The number of nitrogens with zero attached hydrogens (tertiary/aromatic N) is 2. The predicted molar refractivity (Wildman–Crippen MR) is 60.7 cm³/mol. The Labute approximate surface area is 101 Å². The van der Waals surface area contributed by atoms with Crippen molar-refractivity contribution < 1.29 is 9.59 Å². The van der Waals surface area contributed by atoms with Crippen LogP contribution in [0.1, 0.15) is 32.1 Å². The maximum Gasteiger partial charge on any atom is 0.243 e. The normalized spacial score (nSPS) is 23.7. The molecule has 0 radical (unpaired) electrons. The average molecular weight is 235 g/mol. The number of piperazine rings is 1. The standard InChI is InChI=1S/C12H17N3O2/c13-9-12(4-2-1-3-5-12)11(17)15-7-6-14-10(16)8-15/h1-8H2,(H,14,16). The number of amides is 2. The van der Waals surface area contributed by atoms with E-state index < -0.39 is 5.41 Å². The van der Waals surface area contributed by atoms with Crippen molar-refractivity contribution in [2.45, 2.75) is 32.1 Å². The molecule has 2 rings (SSSR count). The van der Waals surface area contributed by atoms with Crippen molar-refractivity contribution in [1.82, 2.24) is 10.2 Å². The Kier molecular flexibility index (Phi) is 3.32. The van der Waals surface area contributed by atoms with Crippen LogP contribution in [-0.4, -0.2) is 36.3 Å². The fraction of sp³-hybridized carbons (Fsp3) is 0.750. The highest BCUT2D eigenvalue weighted by Gasteiger charge is 2.43. The lowest BCUT2D eigenvalue weighted by atomic mass is 9.74. The summed E-state index contributed by atoms with van der Waals surface area (Å²) in [5.74, 6) is -0.275. The maximum absolute atomic E-state index is 12.4. The third kappa shape index (κ3) is 2.26. The van der Waals surface area contributed by atoms with E-state index in [1.807, 2.05) is 0 Å². The van der Waals surface area contributed by atoms with E-state index in [2.05, 4.69) is 11.4 Å². The minimum absolute atomic E-state index is 0.0995.